The Hall–Kier alpha value is -1.85. The monoisotopic (exact) mass is 344 g/mol. The first-order valence-electron chi connectivity index (χ1n) is 9.88. The summed E-state index contributed by atoms with van der Waals surface area (Å²) < 4.78 is 3.06. The molecule has 2 aromatic heterocycles. The van der Waals surface area contributed by atoms with Crippen LogP contribution in [0.25, 0.3) is 11.2 Å². The van der Waals surface area contributed by atoms with Gasteiger partial charge in [-0.3, -0.25) is 13.9 Å². The highest BCUT2D eigenvalue weighted by atomic mass is 16.2. The third-order valence-electron chi connectivity index (χ3n) is 6.21. The Labute approximate surface area is 147 Å². The number of aromatic amines is 1. The molecule has 0 bridgehead atoms. The van der Waals surface area contributed by atoms with Crippen LogP contribution in [-0.2, 0) is 13.1 Å². The Morgan fingerprint density at radius 2 is 1.80 bits per heavy atom. The van der Waals surface area contributed by atoms with Gasteiger partial charge in [0, 0.05) is 19.0 Å². The van der Waals surface area contributed by atoms with Crippen LogP contribution in [0.15, 0.2) is 9.59 Å². The highest BCUT2D eigenvalue weighted by Crippen LogP contribution is 2.51. The average Bonchev–Trinajstić information content (AvgIpc) is 3.29. The second kappa shape index (κ2) is 6.46. The molecule has 0 saturated heterocycles. The van der Waals surface area contributed by atoms with Gasteiger partial charge in [-0.05, 0) is 43.9 Å². The van der Waals surface area contributed by atoms with Crippen molar-refractivity contribution in [3.05, 3.63) is 26.7 Å². The SMILES string of the molecule is CCCn1c(=O)c2[nH]c([C@@H]3CC[C@H]4CCC[C@H]43)nc2n(CCC)c1=O. The van der Waals surface area contributed by atoms with Crippen LogP contribution in [-0.4, -0.2) is 19.1 Å². The standard InChI is InChI=1S/C19H28N4O2/c1-3-10-22-17-15(18(24)23(11-4-2)19(22)25)20-16(21-17)14-9-8-12-6-5-7-13(12)14/h12-14H,3-11H2,1-2H3,(H,20,21)/t12-,13-,14-/m1/s1. The van der Waals surface area contributed by atoms with Gasteiger partial charge in [0.1, 0.15) is 11.3 Å². The fourth-order valence-corrected chi connectivity index (χ4v) is 5.11. The van der Waals surface area contributed by atoms with Crippen LogP contribution in [0.5, 0.6) is 0 Å². The molecular weight excluding hydrogens is 316 g/mol. The number of H-pyrrole nitrogens is 1. The fourth-order valence-electron chi connectivity index (χ4n) is 5.11. The summed E-state index contributed by atoms with van der Waals surface area (Å²) in [4.78, 5) is 33.7. The van der Waals surface area contributed by atoms with Crippen molar-refractivity contribution in [3.8, 4) is 0 Å². The minimum absolute atomic E-state index is 0.214. The summed E-state index contributed by atoms with van der Waals surface area (Å²) in [5.74, 6) is 2.88. The number of hydrogen-bond acceptors (Lipinski definition) is 3. The van der Waals surface area contributed by atoms with Crippen molar-refractivity contribution in [2.24, 2.45) is 11.8 Å². The Balaban J connectivity index is 1.87. The Morgan fingerprint density at radius 3 is 2.56 bits per heavy atom. The quantitative estimate of drug-likeness (QED) is 0.906. The lowest BCUT2D eigenvalue weighted by Gasteiger charge is -2.15. The van der Waals surface area contributed by atoms with Crippen molar-refractivity contribution in [3.63, 3.8) is 0 Å². The molecule has 2 fully saturated rings. The molecule has 6 heteroatoms. The van der Waals surface area contributed by atoms with Crippen LogP contribution in [0.2, 0.25) is 0 Å². The molecule has 6 nitrogen and oxygen atoms in total. The van der Waals surface area contributed by atoms with E-state index in [0.29, 0.717) is 36.1 Å². The summed E-state index contributed by atoms with van der Waals surface area (Å²) in [5, 5.41) is 0. The molecule has 0 spiro atoms. The van der Waals surface area contributed by atoms with Gasteiger partial charge in [-0.2, -0.15) is 0 Å². The van der Waals surface area contributed by atoms with Crippen molar-refractivity contribution >= 4 is 11.2 Å². The molecule has 1 N–H and O–H groups in total. The topological polar surface area (TPSA) is 72.7 Å². The fraction of sp³-hybridized carbons (Fsp3) is 0.737. The molecule has 2 heterocycles. The third kappa shape index (κ3) is 2.57. The van der Waals surface area contributed by atoms with Crippen molar-refractivity contribution in [2.75, 3.05) is 0 Å². The molecule has 2 aliphatic carbocycles. The molecule has 0 unspecified atom stereocenters. The van der Waals surface area contributed by atoms with Gasteiger partial charge in [-0.15, -0.1) is 0 Å². The van der Waals surface area contributed by atoms with Crippen molar-refractivity contribution in [1.82, 2.24) is 19.1 Å². The normalized spacial score (nSPS) is 25.8. The molecule has 0 radical (unpaired) electrons. The van der Waals surface area contributed by atoms with E-state index in [-0.39, 0.29) is 11.2 Å². The molecule has 25 heavy (non-hydrogen) atoms. The van der Waals surface area contributed by atoms with Gasteiger partial charge in [0.2, 0.25) is 0 Å². The van der Waals surface area contributed by atoms with E-state index in [9.17, 15) is 9.59 Å². The first-order chi connectivity index (χ1) is 12.2. The maximum Gasteiger partial charge on any atom is 0.332 e. The van der Waals surface area contributed by atoms with E-state index in [2.05, 4.69) is 4.98 Å². The zero-order valence-electron chi connectivity index (χ0n) is 15.3. The van der Waals surface area contributed by atoms with Gasteiger partial charge < -0.3 is 4.98 Å². The van der Waals surface area contributed by atoms with E-state index >= 15 is 0 Å². The van der Waals surface area contributed by atoms with Crippen molar-refractivity contribution in [2.45, 2.75) is 77.8 Å². The van der Waals surface area contributed by atoms with E-state index in [4.69, 9.17) is 4.98 Å². The molecule has 3 atom stereocenters. The van der Waals surface area contributed by atoms with Gasteiger partial charge in [-0.1, -0.05) is 26.7 Å². The number of imidazole rings is 1. The first kappa shape index (κ1) is 16.6. The zero-order chi connectivity index (χ0) is 17.6. The molecule has 0 aromatic carbocycles. The van der Waals surface area contributed by atoms with Crippen molar-refractivity contribution in [1.29, 1.82) is 0 Å². The lowest BCUT2D eigenvalue weighted by Crippen LogP contribution is -2.40. The second-order valence-corrected chi connectivity index (χ2v) is 7.75. The van der Waals surface area contributed by atoms with E-state index < -0.39 is 0 Å². The molecule has 0 amide bonds. The minimum Gasteiger partial charge on any atom is -0.336 e. The lowest BCUT2D eigenvalue weighted by molar-refractivity contribution is 0.414. The molecule has 2 aliphatic rings. The summed E-state index contributed by atoms with van der Waals surface area (Å²) in [6.45, 7) is 5.08. The molecule has 2 saturated carbocycles. The first-order valence-corrected chi connectivity index (χ1v) is 9.88. The van der Waals surface area contributed by atoms with E-state index in [1.54, 1.807) is 4.57 Å². The maximum atomic E-state index is 12.8. The van der Waals surface area contributed by atoms with Crippen LogP contribution in [0, 0.1) is 11.8 Å². The average molecular weight is 344 g/mol. The Bertz CT molecular complexity index is 891. The Morgan fingerprint density at radius 1 is 1.04 bits per heavy atom. The number of hydrogen-bond donors (Lipinski definition) is 1. The maximum absolute atomic E-state index is 12.8. The highest BCUT2D eigenvalue weighted by Gasteiger charge is 2.41. The predicted octanol–water partition coefficient (Wildman–Crippen LogP) is 3.00. The number of nitrogens with one attached hydrogen (secondary N) is 1. The summed E-state index contributed by atoms with van der Waals surface area (Å²) >= 11 is 0. The number of nitrogens with zero attached hydrogens (tertiary/aromatic N) is 3. The second-order valence-electron chi connectivity index (χ2n) is 7.75. The Kier molecular flexibility index (Phi) is 4.29. The van der Waals surface area contributed by atoms with Crippen LogP contribution in [0.3, 0.4) is 0 Å². The van der Waals surface area contributed by atoms with Crippen LogP contribution in [0.4, 0.5) is 0 Å². The highest BCUT2D eigenvalue weighted by molar-refractivity contribution is 5.70. The lowest BCUT2D eigenvalue weighted by atomic mass is 9.91. The third-order valence-corrected chi connectivity index (χ3v) is 6.21. The van der Waals surface area contributed by atoms with Gasteiger partial charge in [-0.25, -0.2) is 9.78 Å². The molecule has 4 rings (SSSR count). The van der Waals surface area contributed by atoms with Crippen LogP contribution < -0.4 is 11.2 Å². The van der Waals surface area contributed by atoms with Crippen LogP contribution >= 0.6 is 0 Å². The largest absolute Gasteiger partial charge is 0.336 e. The molecular formula is C19H28N4O2. The predicted molar refractivity (Wildman–Crippen MR) is 98.0 cm³/mol. The van der Waals surface area contributed by atoms with Crippen molar-refractivity contribution < 1.29 is 0 Å². The van der Waals surface area contributed by atoms with Gasteiger partial charge >= 0.3 is 5.69 Å². The smallest absolute Gasteiger partial charge is 0.332 e. The molecule has 0 aliphatic heterocycles. The number of aromatic nitrogens is 4. The number of fused-ring (bicyclic) bond motifs is 2. The van der Waals surface area contributed by atoms with E-state index in [0.717, 1.165) is 31.0 Å². The van der Waals surface area contributed by atoms with Gasteiger partial charge in [0.05, 0.1) is 0 Å². The number of rotatable bonds is 5. The van der Waals surface area contributed by atoms with Gasteiger partial charge in [0.15, 0.2) is 5.65 Å². The van der Waals surface area contributed by atoms with Gasteiger partial charge in [0.25, 0.3) is 5.56 Å². The molecule has 2 aromatic rings. The van der Waals surface area contributed by atoms with E-state index in [1.807, 2.05) is 13.8 Å². The number of aryl methyl sites for hydroxylation is 1. The minimum atomic E-state index is -0.218. The summed E-state index contributed by atoms with van der Waals surface area (Å²) in [6, 6.07) is 0. The summed E-state index contributed by atoms with van der Waals surface area (Å²) in [6.07, 6.45) is 7.95. The summed E-state index contributed by atoms with van der Waals surface area (Å²) in [7, 11) is 0. The molecule has 136 valence electrons. The summed E-state index contributed by atoms with van der Waals surface area (Å²) in [5.41, 5.74) is 0.636. The van der Waals surface area contributed by atoms with Crippen LogP contribution in [0.1, 0.15) is 70.5 Å². The zero-order valence-corrected chi connectivity index (χ0v) is 15.3. The van der Waals surface area contributed by atoms with E-state index in [1.165, 1.54) is 30.3 Å².